The van der Waals surface area contributed by atoms with Gasteiger partial charge in [0, 0.05) is 12.7 Å². The zero-order valence-corrected chi connectivity index (χ0v) is 15.5. The molecule has 1 fully saturated rings. The standard InChI is InChI=1S/C14H29NO3Si2/c1-13(11-16-9-6-8-15)12-19(3)18-20(4)10-5-7-14(2)17-20/h13-14,19H,5-7,9-12H2,1-4H3. The molecule has 1 aliphatic rings. The van der Waals surface area contributed by atoms with E-state index in [4.69, 9.17) is 18.5 Å². The maximum atomic E-state index is 8.46. The van der Waals surface area contributed by atoms with Crippen LogP contribution in [0.4, 0.5) is 0 Å². The Morgan fingerprint density at radius 2 is 2.30 bits per heavy atom. The summed E-state index contributed by atoms with van der Waals surface area (Å²) in [4.78, 5) is 0. The summed E-state index contributed by atoms with van der Waals surface area (Å²) in [6.45, 7) is 10.1. The van der Waals surface area contributed by atoms with Crippen LogP contribution in [0, 0.1) is 17.2 Å². The van der Waals surface area contributed by atoms with Crippen molar-refractivity contribution in [1.82, 2.24) is 0 Å². The van der Waals surface area contributed by atoms with E-state index in [9.17, 15) is 0 Å². The number of nitrogens with zero attached hydrogens (tertiary/aromatic N) is 1. The number of nitriles is 1. The van der Waals surface area contributed by atoms with Crippen LogP contribution in [-0.2, 0) is 13.3 Å². The number of ether oxygens (including phenoxy) is 1. The fourth-order valence-corrected chi connectivity index (χ4v) is 10.5. The summed E-state index contributed by atoms with van der Waals surface area (Å²) in [5.41, 5.74) is 0. The molecule has 0 radical (unpaired) electrons. The molecule has 1 saturated heterocycles. The second-order valence-electron chi connectivity index (χ2n) is 6.21. The van der Waals surface area contributed by atoms with E-state index >= 15 is 0 Å². The van der Waals surface area contributed by atoms with Crippen molar-refractivity contribution in [2.45, 2.75) is 64.4 Å². The fraction of sp³-hybridized carbons (Fsp3) is 0.929. The van der Waals surface area contributed by atoms with Crippen molar-refractivity contribution in [3.63, 3.8) is 0 Å². The Morgan fingerprint density at radius 3 is 2.95 bits per heavy atom. The van der Waals surface area contributed by atoms with E-state index in [0.717, 1.165) is 18.7 Å². The Kier molecular flexibility index (Phi) is 7.99. The molecule has 0 aromatic heterocycles. The molecule has 0 amide bonds. The van der Waals surface area contributed by atoms with Crippen LogP contribution < -0.4 is 0 Å². The van der Waals surface area contributed by atoms with Gasteiger partial charge in [0.1, 0.15) is 0 Å². The van der Waals surface area contributed by atoms with E-state index in [2.05, 4.69) is 33.0 Å². The van der Waals surface area contributed by atoms with Crippen LogP contribution in [0.25, 0.3) is 0 Å². The lowest BCUT2D eigenvalue weighted by atomic mass is 10.2. The first-order valence-corrected chi connectivity index (χ1v) is 12.7. The Bertz CT molecular complexity index is 324. The molecule has 1 heterocycles. The smallest absolute Gasteiger partial charge is 0.324 e. The molecular formula is C14H29NO3Si2. The van der Waals surface area contributed by atoms with Crippen LogP contribution in [-0.4, -0.2) is 36.9 Å². The van der Waals surface area contributed by atoms with Gasteiger partial charge in [-0.1, -0.05) is 6.92 Å². The third-order valence-electron chi connectivity index (χ3n) is 3.64. The van der Waals surface area contributed by atoms with Crippen LogP contribution in [0.2, 0.25) is 25.2 Å². The molecular weight excluding hydrogens is 286 g/mol. The molecule has 0 N–H and O–H groups in total. The zero-order valence-electron chi connectivity index (χ0n) is 13.4. The highest BCUT2D eigenvalue weighted by Gasteiger charge is 2.37. The number of hydrogen-bond donors (Lipinski definition) is 0. The van der Waals surface area contributed by atoms with Crippen molar-refractivity contribution in [2.24, 2.45) is 5.92 Å². The van der Waals surface area contributed by atoms with Gasteiger partial charge in [-0.3, -0.25) is 0 Å². The van der Waals surface area contributed by atoms with Crippen molar-refractivity contribution in [1.29, 1.82) is 5.26 Å². The molecule has 4 unspecified atom stereocenters. The quantitative estimate of drug-likeness (QED) is 0.510. The molecule has 1 aliphatic heterocycles. The maximum absolute atomic E-state index is 8.46. The highest BCUT2D eigenvalue weighted by atomic mass is 28.4. The number of hydrogen-bond acceptors (Lipinski definition) is 4. The van der Waals surface area contributed by atoms with Gasteiger partial charge in [-0.25, -0.2) is 0 Å². The van der Waals surface area contributed by atoms with E-state index < -0.39 is 17.6 Å². The van der Waals surface area contributed by atoms with Crippen molar-refractivity contribution in [3.8, 4) is 6.07 Å². The Labute approximate surface area is 126 Å². The van der Waals surface area contributed by atoms with Crippen LogP contribution in [0.5, 0.6) is 0 Å². The average Bonchev–Trinajstić information content (AvgIpc) is 2.33. The zero-order chi connectivity index (χ0) is 15.0. The maximum Gasteiger partial charge on any atom is 0.324 e. The lowest BCUT2D eigenvalue weighted by Crippen LogP contribution is -2.48. The summed E-state index contributed by atoms with van der Waals surface area (Å²) in [7, 11) is -3.09. The second-order valence-corrected chi connectivity index (χ2v) is 12.2. The van der Waals surface area contributed by atoms with Crippen LogP contribution in [0.1, 0.15) is 33.1 Å². The summed E-state index contributed by atoms with van der Waals surface area (Å²) in [6.07, 6.45) is 3.27. The van der Waals surface area contributed by atoms with Gasteiger partial charge < -0.3 is 13.3 Å². The summed E-state index contributed by atoms with van der Waals surface area (Å²) < 4.78 is 18.0. The molecule has 20 heavy (non-hydrogen) atoms. The monoisotopic (exact) mass is 315 g/mol. The molecule has 0 aromatic carbocycles. The molecule has 0 saturated carbocycles. The lowest BCUT2D eigenvalue weighted by Gasteiger charge is -2.37. The molecule has 0 aromatic rings. The molecule has 0 aliphatic carbocycles. The third kappa shape index (κ3) is 7.00. The molecule has 116 valence electrons. The van der Waals surface area contributed by atoms with Gasteiger partial charge in [0.15, 0.2) is 9.04 Å². The minimum atomic E-state index is -1.90. The second kappa shape index (κ2) is 8.95. The number of rotatable bonds is 8. The van der Waals surface area contributed by atoms with Gasteiger partial charge in [0.2, 0.25) is 0 Å². The third-order valence-corrected chi connectivity index (χ3v) is 10.9. The summed E-state index contributed by atoms with van der Waals surface area (Å²) >= 11 is 0. The minimum Gasteiger partial charge on any atom is -0.439 e. The summed E-state index contributed by atoms with van der Waals surface area (Å²) in [5, 5.41) is 8.46. The first-order chi connectivity index (χ1) is 9.45. The molecule has 1 rings (SSSR count). The Hall–Kier alpha value is -0.196. The summed E-state index contributed by atoms with van der Waals surface area (Å²) in [6, 6.07) is 4.35. The lowest BCUT2D eigenvalue weighted by molar-refractivity contribution is 0.112. The molecule has 4 nitrogen and oxygen atoms in total. The van der Waals surface area contributed by atoms with Gasteiger partial charge in [-0.2, -0.15) is 5.26 Å². The highest BCUT2D eigenvalue weighted by Crippen LogP contribution is 2.28. The van der Waals surface area contributed by atoms with E-state index in [1.54, 1.807) is 0 Å². The van der Waals surface area contributed by atoms with E-state index in [-0.39, 0.29) is 0 Å². The molecule has 6 heteroatoms. The topological polar surface area (TPSA) is 51.5 Å². The van der Waals surface area contributed by atoms with Crippen LogP contribution >= 0.6 is 0 Å². The van der Waals surface area contributed by atoms with E-state index in [1.807, 2.05) is 0 Å². The van der Waals surface area contributed by atoms with Crippen molar-refractivity contribution in [2.75, 3.05) is 13.2 Å². The molecule has 0 bridgehead atoms. The predicted molar refractivity (Wildman–Crippen MR) is 85.3 cm³/mol. The SMILES string of the molecule is CC(COCCC#N)C[SiH](C)O[Si]1(C)CCCC(C)O1. The van der Waals surface area contributed by atoms with Crippen molar-refractivity contribution in [3.05, 3.63) is 0 Å². The predicted octanol–water partition coefficient (Wildman–Crippen LogP) is 3.19. The Balaban J connectivity index is 2.24. The fourth-order valence-electron chi connectivity index (χ4n) is 2.85. The van der Waals surface area contributed by atoms with Gasteiger partial charge >= 0.3 is 8.56 Å². The van der Waals surface area contributed by atoms with Gasteiger partial charge in [0.05, 0.1) is 19.1 Å². The van der Waals surface area contributed by atoms with Crippen molar-refractivity contribution >= 4 is 17.6 Å². The minimum absolute atomic E-state index is 0.369. The Morgan fingerprint density at radius 1 is 1.55 bits per heavy atom. The van der Waals surface area contributed by atoms with Gasteiger partial charge in [0.25, 0.3) is 0 Å². The van der Waals surface area contributed by atoms with E-state index in [0.29, 0.717) is 25.0 Å². The molecule has 0 spiro atoms. The van der Waals surface area contributed by atoms with Crippen LogP contribution in [0.3, 0.4) is 0 Å². The average molecular weight is 316 g/mol. The first-order valence-electron chi connectivity index (χ1n) is 7.75. The summed E-state index contributed by atoms with van der Waals surface area (Å²) in [5.74, 6) is 0.508. The highest BCUT2D eigenvalue weighted by molar-refractivity contribution is 6.74. The first kappa shape index (κ1) is 17.9. The molecule has 4 atom stereocenters. The van der Waals surface area contributed by atoms with Crippen molar-refractivity contribution < 1.29 is 13.3 Å². The van der Waals surface area contributed by atoms with Gasteiger partial charge in [-0.15, -0.1) is 0 Å². The van der Waals surface area contributed by atoms with Gasteiger partial charge in [-0.05, 0) is 50.9 Å². The van der Waals surface area contributed by atoms with E-state index in [1.165, 1.54) is 12.8 Å². The van der Waals surface area contributed by atoms with Crippen LogP contribution in [0.15, 0.2) is 0 Å². The largest absolute Gasteiger partial charge is 0.439 e. The normalized spacial score (nSPS) is 29.6.